The summed E-state index contributed by atoms with van der Waals surface area (Å²) >= 11 is 0. The van der Waals surface area contributed by atoms with E-state index in [1.807, 2.05) is 30.3 Å². The van der Waals surface area contributed by atoms with Gasteiger partial charge in [-0.1, -0.05) is 18.2 Å². The molecule has 0 saturated heterocycles. The molecule has 2 amide bonds. The van der Waals surface area contributed by atoms with E-state index in [1.165, 1.54) is 28.0 Å². The monoisotopic (exact) mass is 387 g/mol. The van der Waals surface area contributed by atoms with E-state index in [9.17, 15) is 14.7 Å². The van der Waals surface area contributed by atoms with Crippen LogP contribution in [0.2, 0.25) is 0 Å². The molecule has 0 spiro atoms. The molecular formula is C20H25N3O5. The summed E-state index contributed by atoms with van der Waals surface area (Å²) in [5, 5.41) is 13.7. The van der Waals surface area contributed by atoms with Crippen molar-refractivity contribution in [3.05, 3.63) is 54.1 Å². The number of benzene rings is 2. The molecule has 0 saturated carbocycles. The molecule has 2 aromatic carbocycles. The second-order valence-corrected chi connectivity index (χ2v) is 6.53. The first kappa shape index (κ1) is 21.0. The SMILES string of the molecule is CN(C)C(=O)Oc1cc(OC(=O)N(C)C)cc(C(O)CNc2ccccc2)c1. The Kier molecular flexibility index (Phi) is 7.22. The van der Waals surface area contributed by atoms with Crippen molar-refractivity contribution in [1.29, 1.82) is 0 Å². The molecule has 8 nitrogen and oxygen atoms in total. The van der Waals surface area contributed by atoms with Crippen molar-refractivity contribution < 1.29 is 24.2 Å². The lowest BCUT2D eigenvalue weighted by Gasteiger charge is -2.18. The highest BCUT2D eigenvalue weighted by molar-refractivity contribution is 5.72. The van der Waals surface area contributed by atoms with E-state index in [0.717, 1.165) is 5.69 Å². The van der Waals surface area contributed by atoms with Gasteiger partial charge in [-0.2, -0.15) is 0 Å². The van der Waals surface area contributed by atoms with Crippen LogP contribution in [0.5, 0.6) is 11.5 Å². The van der Waals surface area contributed by atoms with Crippen LogP contribution in [0, 0.1) is 0 Å². The summed E-state index contributed by atoms with van der Waals surface area (Å²) in [4.78, 5) is 26.3. The molecule has 0 aliphatic rings. The van der Waals surface area contributed by atoms with Gasteiger partial charge in [0.2, 0.25) is 0 Å². The van der Waals surface area contributed by atoms with Gasteiger partial charge in [-0.3, -0.25) is 0 Å². The molecule has 8 heteroatoms. The van der Waals surface area contributed by atoms with Gasteiger partial charge >= 0.3 is 12.2 Å². The first-order valence-electron chi connectivity index (χ1n) is 8.66. The minimum absolute atomic E-state index is 0.163. The molecule has 28 heavy (non-hydrogen) atoms. The zero-order valence-electron chi connectivity index (χ0n) is 16.4. The predicted molar refractivity (Wildman–Crippen MR) is 106 cm³/mol. The van der Waals surface area contributed by atoms with Gasteiger partial charge in [0.1, 0.15) is 11.5 Å². The smallest absolute Gasteiger partial charge is 0.410 e. The van der Waals surface area contributed by atoms with Gasteiger partial charge < -0.3 is 29.7 Å². The lowest BCUT2D eigenvalue weighted by molar-refractivity contribution is 0.168. The van der Waals surface area contributed by atoms with E-state index in [1.54, 1.807) is 28.2 Å². The number of amides is 2. The zero-order valence-corrected chi connectivity index (χ0v) is 16.4. The Labute approximate surface area is 164 Å². The second kappa shape index (κ2) is 9.61. The van der Waals surface area contributed by atoms with Gasteiger partial charge in [0.25, 0.3) is 0 Å². The average Bonchev–Trinajstić information content (AvgIpc) is 2.66. The van der Waals surface area contributed by atoms with Crippen molar-refractivity contribution in [1.82, 2.24) is 9.80 Å². The number of aliphatic hydroxyl groups is 1. The van der Waals surface area contributed by atoms with Crippen molar-refractivity contribution >= 4 is 17.9 Å². The minimum atomic E-state index is -0.921. The van der Waals surface area contributed by atoms with E-state index in [4.69, 9.17) is 9.47 Å². The topological polar surface area (TPSA) is 91.3 Å². The summed E-state index contributed by atoms with van der Waals surface area (Å²) in [6.07, 6.45) is -2.09. The van der Waals surface area contributed by atoms with E-state index < -0.39 is 18.3 Å². The maximum atomic E-state index is 11.9. The summed E-state index contributed by atoms with van der Waals surface area (Å²) in [5.41, 5.74) is 1.30. The fourth-order valence-corrected chi connectivity index (χ4v) is 2.18. The number of ether oxygens (including phenoxy) is 2. The van der Waals surface area contributed by atoms with Crippen molar-refractivity contribution in [2.24, 2.45) is 0 Å². The van der Waals surface area contributed by atoms with E-state index in [0.29, 0.717) is 5.56 Å². The number of rotatable bonds is 6. The van der Waals surface area contributed by atoms with Crippen LogP contribution in [-0.4, -0.2) is 61.8 Å². The number of carbonyl (C=O) groups is 2. The minimum Gasteiger partial charge on any atom is -0.410 e. The fourth-order valence-electron chi connectivity index (χ4n) is 2.18. The number of hydrogen-bond acceptors (Lipinski definition) is 6. The normalized spacial score (nSPS) is 11.3. The Morgan fingerprint density at radius 1 is 0.929 bits per heavy atom. The quantitative estimate of drug-likeness (QED) is 0.792. The maximum Gasteiger partial charge on any atom is 0.414 e. The average molecular weight is 387 g/mol. The molecule has 0 radical (unpaired) electrons. The van der Waals surface area contributed by atoms with Gasteiger partial charge in [0.05, 0.1) is 6.10 Å². The first-order valence-corrected chi connectivity index (χ1v) is 8.66. The molecule has 2 N–H and O–H groups in total. The number of nitrogens with one attached hydrogen (secondary N) is 1. The lowest BCUT2D eigenvalue weighted by Crippen LogP contribution is -2.26. The van der Waals surface area contributed by atoms with Crippen molar-refractivity contribution in [3.8, 4) is 11.5 Å². The van der Waals surface area contributed by atoms with E-state index in [-0.39, 0.29) is 18.0 Å². The molecule has 0 bridgehead atoms. The fraction of sp³-hybridized carbons (Fsp3) is 0.300. The van der Waals surface area contributed by atoms with Gasteiger partial charge in [-0.15, -0.1) is 0 Å². The number of nitrogens with zero attached hydrogens (tertiary/aromatic N) is 2. The second-order valence-electron chi connectivity index (χ2n) is 6.53. The van der Waals surface area contributed by atoms with Crippen LogP contribution in [0.15, 0.2) is 48.5 Å². The highest BCUT2D eigenvalue weighted by Crippen LogP contribution is 2.28. The molecule has 0 aromatic heterocycles. The summed E-state index contributed by atoms with van der Waals surface area (Å²) in [6, 6.07) is 13.9. The van der Waals surface area contributed by atoms with Crippen molar-refractivity contribution in [2.75, 3.05) is 40.1 Å². The molecule has 150 valence electrons. The zero-order chi connectivity index (χ0) is 20.7. The molecule has 1 atom stereocenters. The Balaban J connectivity index is 2.21. The number of anilines is 1. The Hall–Kier alpha value is -3.26. The molecule has 0 fully saturated rings. The third-order valence-corrected chi connectivity index (χ3v) is 3.70. The first-order chi connectivity index (χ1) is 13.3. The number of para-hydroxylation sites is 1. The number of aliphatic hydroxyl groups excluding tert-OH is 1. The Morgan fingerprint density at radius 3 is 1.89 bits per heavy atom. The lowest BCUT2D eigenvalue weighted by atomic mass is 10.1. The van der Waals surface area contributed by atoms with Crippen molar-refractivity contribution in [2.45, 2.75) is 6.10 Å². The van der Waals surface area contributed by atoms with Gasteiger partial charge in [0, 0.05) is 46.5 Å². The molecule has 0 aliphatic heterocycles. The van der Waals surface area contributed by atoms with Gasteiger partial charge in [-0.25, -0.2) is 9.59 Å². The van der Waals surface area contributed by atoms with Crippen LogP contribution in [0.1, 0.15) is 11.7 Å². The summed E-state index contributed by atoms with van der Waals surface area (Å²) in [5.74, 6) is 0.327. The van der Waals surface area contributed by atoms with Crippen LogP contribution >= 0.6 is 0 Å². The third kappa shape index (κ3) is 6.17. The number of carbonyl (C=O) groups excluding carboxylic acids is 2. The van der Waals surface area contributed by atoms with Crippen LogP contribution in [0.4, 0.5) is 15.3 Å². The standard InChI is InChI=1S/C20H25N3O5/c1-22(2)19(25)27-16-10-14(11-17(12-16)28-20(26)23(3)4)18(24)13-21-15-8-6-5-7-9-15/h5-12,18,21,24H,13H2,1-4H3. The summed E-state index contributed by atoms with van der Waals surface area (Å²) in [7, 11) is 6.21. The van der Waals surface area contributed by atoms with Crippen LogP contribution < -0.4 is 14.8 Å². The molecule has 0 heterocycles. The van der Waals surface area contributed by atoms with E-state index >= 15 is 0 Å². The molecular weight excluding hydrogens is 362 g/mol. The molecule has 2 rings (SSSR count). The third-order valence-electron chi connectivity index (χ3n) is 3.70. The highest BCUT2D eigenvalue weighted by Gasteiger charge is 2.16. The van der Waals surface area contributed by atoms with Gasteiger partial charge in [-0.05, 0) is 29.8 Å². The molecule has 2 aromatic rings. The number of hydrogen-bond donors (Lipinski definition) is 2. The highest BCUT2D eigenvalue weighted by atomic mass is 16.6. The Morgan fingerprint density at radius 2 is 1.43 bits per heavy atom. The Bertz CT molecular complexity index is 768. The summed E-state index contributed by atoms with van der Waals surface area (Å²) < 4.78 is 10.5. The predicted octanol–water partition coefficient (Wildman–Crippen LogP) is 2.95. The van der Waals surface area contributed by atoms with Crippen LogP contribution in [0.3, 0.4) is 0 Å². The largest absolute Gasteiger partial charge is 0.414 e. The molecule has 1 unspecified atom stereocenters. The maximum absolute atomic E-state index is 11.9. The molecule has 0 aliphatic carbocycles. The van der Waals surface area contributed by atoms with Gasteiger partial charge in [0.15, 0.2) is 0 Å². The van der Waals surface area contributed by atoms with Crippen LogP contribution in [0.25, 0.3) is 0 Å². The van der Waals surface area contributed by atoms with E-state index in [2.05, 4.69) is 5.32 Å². The summed E-state index contributed by atoms with van der Waals surface area (Å²) in [6.45, 7) is 0.218. The van der Waals surface area contributed by atoms with Crippen molar-refractivity contribution in [3.63, 3.8) is 0 Å². The van der Waals surface area contributed by atoms with Crippen LogP contribution in [-0.2, 0) is 0 Å².